The van der Waals surface area contributed by atoms with Gasteiger partial charge in [-0.15, -0.1) is 0 Å². The van der Waals surface area contributed by atoms with Gasteiger partial charge in [0.15, 0.2) is 0 Å². The first-order valence-corrected chi connectivity index (χ1v) is 8.98. The molecule has 0 bridgehead atoms. The number of amides is 1. The molecule has 21 heavy (non-hydrogen) atoms. The van der Waals surface area contributed by atoms with Gasteiger partial charge in [-0.1, -0.05) is 11.6 Å². The fourth-order valence-electron chi connectivity index (χ4n) is 2.09. The van der Waals surface area contributed by atoms with Crippen molar-refractivity contribution in [3.05, 3.63) is 21.9 Å². The van der Waals surface area contributed by atoms with Crippen molar-refractivity contribution in [2.24, 2.45) is 0 Å². The fraction of sp³-hybridized carbons (Fsp3) is 0.500. The van der Waals surface area contributed by atoms with Crippen LogP contribution in [0.3, 0.4) is 0 Å². The minimum atomic E-state index is -3.86. The molecule has 0 atom stereocenters. The molecule has 1 amide bonds. The Morgan fingerprint density at radius 3 is 2.71 bits per heavy atom. The largest absolute Gasteiger partial charge is 0.342 e. The van der Waals surface area contributed by atoms with Gasteiger partial charge in [0.1, 0.15) is 10.0 Å². The molecule has 0 radical (unpaired) electrons. The average molecular weight is 397 g/mol. The Balaban J connectivity index is 2.18. The first-order chi connectivity index (χ1) is 9.82. The predicted molar refractivity (Wildman–Crippen MR) is 82.6 cm³/mol. The smallest absolute Gasteiger partial charge is 0.246 e. The summed E-state index contributed by atoms with van der Waals surface area (Å²) in [5.74, 6) is -0.197. The highest BCUT2D eigenvalue weighted by molar-refractivity contribution is 9.10. The number of hydrogen-bond acceptors (Lipinski definition) is 4. The van der Waals surface area contributed by atoms with Crippen LogP contribution in [0.4, 0.5) is 0 Å². The normalized spacial score (nSPS) is 15.7. The molecule has 6 nitrogen and oxygen atoms in total. The van der Waals surface area contributed by atoms with E-state index in [0.717, 1.165) is 17.1 Å². The minimum absolute atomic E-state index is 0.112. The first kappa shape index (κ1) is 16.7. The van der Waals surface area contributed by atoms with Crippen LogP contribution in [-0.2, 0) is 14.8 Å². The molecule has 0 aromatic carbocycles. The monoisotopic (exact) mass is 395 g/mol. The zero-order valence-electron chi connectivity index (χ0n) is 11.4. The van der Waals surface area contributed by atoms with Gasteiger partial charge in [-0.25, -0.2) is 13.4 Å². The van der Waals surface area contributed by atoms with Gasteiger partial charge in [-0.3, -0.25) is 4.79 Å². The summed E-state index contributed by atoms with van der Waals surface area (Å²) in [4.78, 5) is 17.4. The van der Waals surface area contributed by atoms with Crippen molar-refractivity contribution in [3.8, 4) is 0 Å². The SMILES string of the molecule is CN(CC(=O)N1CCCC1)S(=O)(=O)c1cc(Br)cnc1Cl. The summed E-state index contributed by atoms with van der Waals surface area (Å²) in [6, 6.07) is 1.38. The number of aromatic nitrogens is 1. The Morgan fingerprint density at radius 1 is 1.48 bits per heavy atom. The van der Waals surface area contributed by atoms with E-state index in [1.807, 2.05) is 0 Å². The second kappa shape index (κ2) is 6.60. The molecule has 0 aliphatic carbocycles. The maximum absolute atomic E-state index is 12.5. The number of hydrogen-bond donors (Lipinski definition) is 0. The van der Waals surface area contributed by atoms with E-state index in [4.69, 9.17) is 11.6 Å². The minimum Gasteiger partial charge on any atom is -0.342 e. The summed E-state index contributed by atoms with van der Waals surface area (Å²) >= 11 is 9.02. The van der Waals surface area contributed by atoms with Crippen molar-refractivity contribution in [3.63, 3.8) is 0 Å². The summed E-state index contributed by atoms with van der Waals surface area (Å²) in [6.07, 6.45) is 3.34. The maximum Gasteiger partial charge on any atom is 0.246 e. The Hall–Kier alpha value is -0.700. The molecular formula is C12H15BrClN3O3S. The Kier molecular flexibility index (Phi) is 5.24. The van der Waals surface area contributed by atoms with E-state index in [-0.39, 0.29) is 22.5 Å². The summed E-state index contributed by atoms with van der Waals surface area (Å²) < 4.78 is 26.4. The molecule has 1 aromatic rings. The molecule has 0 spiro atoms. The second-order valence-electron chi connectivity index (χ2n) is 4.79. The molecule has 116 valence electrons. The Bertz CT molecular complexity index is 647. The number of halogens is 2. The zero-order valence-corrected chi connectivity index (χ0v) is 14.6. The highest BCUT2D eigenvalue weighted by atomic mass is 79.9. The van der Waals surface area contributed by atoms with Crippen LogP contribution in [0, 0.1) is 0 Å². The van der Waals surface area contributed by atoms with Crippen LogP contribution >= 0.6 is 27.5 Å². The topological polar surface area (TPSA) is 70.6 Å². The van der Waals surface area contributed by atoms with Crippen molar-refractivity contribution in [1.29, 1.82) is 0 Å². The van der Waals surface area contributed by atoms with Crippen LogP contribution in [0.1, 0.15) is 12.8 Å². The van der Waals surface area contributed by atoms with Gasteiger partial charge >= 0.3 is 0 Å². The number of likely N-dealkylation sites (N-methyl/N-ethyl adjacent to an activating group) is 1. The number of likely N-dealkylation sites (tertiary alicyclic amines) is 1. The third kappa shape index (κ3) is 3.74. The van der Waals surface area contributed by atoms with E-state index in [1.165, 1.54) is 19.3 Å². The van der Waals surface area contributed by atoms with E-state index in [0.29, 0.717) is 17.6 Å². The standard InChI is InChI=1S/C12H15BrClN3O3S/c1-16(8-11(18)17-4-2-3-5-17)21(19,20)10-6-9(13)7-15-12(10)14/h6-7H,2-5,8H2,1H3. The highest BCUT2D eigenvalue weighted by Gasteiger charge is 2.28. The number of nitrogens with zero attached hydrogens (tertiary/aromatic N) is 3. The lowest BCUT2D eigenvalue weighted by Crippen LogP contribution is -2.39. The van der Waals surface area contributed by atoms with Crippen molar-refractivity contribution in [2.45, 2.75) is 17.7 Å². The predicted octanol–water partition coefficient (Wildman–Crippen LogP) is 1.74. The summed E-state index contributed by atoms with van der Waals surface area (Å²) in [7, 11) is -2.49. The molecular weight excluding hydrogens is 382 g/mol. The zero-order chi connectivity index (χ0) is 15.6. The van der Waals surface area contributed by atoms with Gasteiger partial charge in [0.05, 0.1) is 6.54 Å². The van der Waals surface area contributed by atoms with E-state index in [1.54, 1.807) is 4.90 Å². The molecule has 9 heteroatoms. The van der Waals surface area contributed by atoms with Crippen LogP contribution in [0.25, 0.3) is 0 Å². The van der Waals surface area contributed by atoms with E-state index < -0.39 is 10.0 Å². The lowest BCUT2D eigenvalue weighted by molar-refractivity contribution is -0.130. The molecule has 2 rings (SSSR count). The third-order valence-corrected chi connectivity index (χ3v) is 5.94. The van der Waals surface area contributed by atoms with E-state index in [2.05, 4.69) is 20.9 Å². The van der Waals surface area contributed by atoms with E-state index in [9.17, 15) is 13.2 Å². The maximum atomic E-state index is 12.5. The number of carbonyl (C=O) groups excluding carboxylic acids is 1. The quantitative estimate of drug-likeness (QED) is 0.727. The van der Waals surface area contributed by atoms with Gasteiger partial charge < -0.3 is 4.90 Å². The molecule has 1 fully saturated rings. The summed E-state index contributed by atoms with van der Waals surface area (Å²) in [5.41, 5.74) is 0. The average Bonchev–Trinajstić information content (AvgIpc) is 2.95. The molecule has 0 N–H and O–H groups in total. The Morgan fingerprint density at radius 2 is 2.10 bits per heavy atom. The third-order valence-electron chi connectivity index (χ3n) is 3.28. The molecule has 1 aliphatic rings. The lowest BCUT2D eigenvalue weighted by atomic mass is 10.4. The van der Waals surface area contributed by atoms with Crippen LogP contribution in [-0.4, -0.2) is 55.2 Å². The van der Waals surface area contributed by atoms with Crippen molar-refractivity contribution < 1.29 is 13.2 Å². The van der Waals surface area contributed by atoms with E-state index >= 15 is 0 Å². The molecule has 1 aromatic heterocycles. The Labute approximate surface area is 137 Å². The molecule has 0 unspecified atom stereocenters. The molecule has 1 aliphatic heterocycles. The van der Waals surface area contributed by atoms with Gasteiger partial charge in [-0.05, 0) is 34.8 Å². The number of sulfonamides is 1. The first-order valence-electron chi connectivity index (χ1n) is 6.37. The molecule has 2 heterocycles. The van der Waals surface area contributed by atoms with Gasteiger partial charge in [0.25, 0.3) is 0 Å². The lowest BCUT2D eigenvalue weighted by Gasteiger charge is -2.21. The number of pyridine rings is 1. The van der Waals surface area contributed by atoms with Crippen LogP contribution in [0.2, 0.25) is 5.15 Å². The van der Waals surface area contributed by atoms with Crippen molar-refractivity contribution in [1.82, 2.24) is 14.2 Å². The van der Waals surface area contributed by atoms with Gasteiger partial charge in [0.2, 0.25) is 15.9 Å². The van der Waals surface area contributed by atoms with Crippen molar-refractivity contribution in [2.75, 3.05) is 26.7 Å². The van der Waals surface area contributed by atoms with Crippen LogP contribution in [0.15, 0.2) is 21.6 Å². The summed E-state index contributed by atoms with van der Waals surface area (Å²) in [6.45, 7) is 1.17. The molecule has 0 saturated carbocycles. The number of carbonyl (C=O) groups is 1. The van der Waals surface area contributed by atoms with Gasteiger partial charge in [0, 0.05) is 30.8 Å². The second-order valence-corrected chi connectivity index (χ2v) is 8.08. The van der Waals surface area contributed by atoms with Crippen molar-refractivity contribution >= 4 is 43.5 Å². The highest BCUT2D eigenvalue weighted by Crippen LogP contribution is 2.25. The summed E-state index contributed by atoms with van der Waals surface area (Å²) in [5, 5.41) is -0.112. The molecule has 1 saturated heterocycles. The van der Waals surface area contributed by atoms with Crippen LogP contribution < -0.4 is 0 Å². The fourth-order valence-corrected chi connectivity index (χ4v) is 4.13. The van der Waals surface area contributed by atoms with Gasteiger partial charge in [-0.2, -0.15) is 4.31 Å². The van der Waals surface area contributed by atoms with Crippen LogP contribution in [0.5, 0.6) is 0 Å². The number of rotatable bonds is 4.